The molecule has 0 fully saturated rings. The van der Waals surface area contributed by atoms with Crippen LogP contribution in [0, 0.1) is 3.57 Å². The molecule has 2 rings (SSSR count). The molecule has 2 N–H and O–H groups in total. The summed E-state index contributed by atoms with van der Waals surface area (Å²) in [4.78, 5) is 10.7. The van der Waals surface area contributed by atoms with Crippen molar-refractivity contribution in [2.45, 2.75) is 13.5 Å². The number of benzene rings is 2. The van der Waals surface area contributed by atoms with Crippen molar-refractivity contribution >= 4 is 58.0 Å². The lowest BCUT2D eigenvalue weighted by Crippen LogP contribution is -2.11. The second-order valence-electron chi connectivity index (χ2n) is 5.24. The van der Waals surface area contributed by atoms with Crippen LogP contribution < -0.4 is 14.9 Å². The van der Waals surface area contributed by atoms with Gasteiger partial charge >= 0.3 is 5.97 Å². The molecule has 6 nitrogen and oxygen atoms in total. The molecule has 0 aliphatic rings. The Morgan fingerprint density at radius 1 is 1.30 bits per heavy atom. The number of ether oxygens (including phenoxy) is 2. The van der Waals surface area contributed by atoms with E-state index >= 15 is 0 Å². The molecule has 0 unspecified atom stereocenters. The summed E-state index contributed by atoms with van der Waals surface area (Å²) in [6.07, 6.45) is 1.62. The highest BCUT2D eigenvalue weighted by Crippen LogP contribution is 2.34. The van der Waals surface area contributed by atoms with Gasteiger partial charge in [-0.15, -0.1) is 0 Å². The third-order valence-corrected chi connectivity index (χ3v) is 4.80. The topological polar surface area (TPSA) is 80.1 Å². The van der Waals surface area contributed by atoms with Crippen molar-refractivity contribution < 1.29 is 19.4 Å². The number of hydrogen-bond donors (Lipinski definition) is 2. The van der Waals surface area contributed by atoms with Gasteiger partial charge in [-0.25, -0.2) is 4.79 Å². The lowest BCUT2D eigenvalue weighted by atomic mass is 10.2. The molecule has 2 aromatic carbocycles. The van der Waals surface area contributed by atoms with Crippen molar-refractivity contribution in [2.75, 3.05) is 13.2 Å². The summed E-state index contributed by atoms with van der Waals surface area (Å²) in [5.74, 6) is -0.199. The first-order valence-electron chi connectivity index (χ1n) is 7.92. The van der Waals surface area contributed by atoms with Crippen LogP contribution >= 0.6 is 45.8 Å². The van der Waals surface area contributed by atoms with Gasteiger partial charge in [-0.05, 0) is 59.3 Å². The lowest BCUT2D eigenvalue weighted by molar-refractivity contribution is -0.139. The highest BCUT2D eigenvalue weighted by atomic mass is 127. The molecular formula is C18H17Cl2IN2O4. The Labute approximate surface area is 180 Å². The standard InChI is InChI=1S/C18H17Cl2IN2O4/c1-2-26-16-7-11(6-15(21)18(16)27-10-17(24)25)8-22-23-9-12-13(19)4-3-5-14(12)20/h3-8,23H,2,9-10H2,1H3,(H,24,25)/b22-8-. The van der Waals surface area contributed by atoms with Crippen molar-refractivity contribution in [3.8, 4) is 11.5 Å². The molecule has 2 aromatic rings. The Bertz CT molecular complexity index is 826. The van der Waals surface area contributed by atoms with Crippen molar-refractivity contribution in [3.05, 3.63) is 55.1 Å². The summed E-state index contributed by atoms with van der Waals surface area (Å²) < 4.78 is 11.6. The predicted molar refractivity (Wildman–Crippen MR) is 114 cm³/mol. The fourth-order valence-corrected chi connectivity index (χ4v) is 3.46. The average molecular weight is 523 g/mol. The molecule has 0 saturated heterocycles. The van der Waals surface area contributed by atoms with Gasteiger partial charge in [0, 0.05) is 15.6 Å². The highest BCUT2D eigenvalue weighted by Gasteiger charge is 2.13. The minimum absolute atomic E-state index is 0.379. The van der Waals surface area contributed by atoms with Crippen LogP contribution in [0.3, 0.4) is 0 Å². The Morgan fingerprint density at radius 2 is 2.00 bits per heavy atom. The largest absolute Gasteiger partial charge is 0.490 e. The van der Waals surface area contributed by atoms with E-state index < -0.39 is 12.6 Å². The number of nitrogens with one attached hydrogen (secondary N) is 1. The highest BCUT2D eigenvalue weighted by molar-refractivity contribution is 14.1. The van der Waals surface area contributed by atoms with E-state index in [0.29, 0.717) is 34.7 Å². The number of halogens is 3. The number of carbonyl (C=O) groups is 1. The first-order valence-corrected chi connectivity index (χ1v) is 9.75. The smallest absolute Gasteiger partial charge is 0.341 e. The van der Waals surface area contributed by atoms with Crippen LogP contribution in [-0.2, 0) is 11.3 Å². The molecule has 0 aliphatic heterocycles. The van der Waals surface area contributed by atoms with E-state index in [9.17, 15) is 4.79 Å². The van der Waals surface area contributed by atoms with Crippen LogP contribution in [0.15, 0.2) is 35.4 Å². The zero-order valence-corrected chi connectivity index (χ0v) is 18.0. The minimum Gasteiger partial charge on any atom is -0.490 e. The second kappa shape index (κ2) is 10.6. The van der Waals surface area contributed by atoms with E-state index in [4.69, 9.17) is 37.8 Å². The second-order valence-corrected chi connectivity index (χ2v) is 7.22. The number of carboxylic acid groups (broad SMARTS) is 1. The third kappa shape index (κ3) is 6.44. The summed E-state index contributed by atoms with van der Waals surface area (Å²) in [5.41, 5.74) is 4.44. The normalized spacial score (nSPS) is 10.8. The van der Waals surface area contributed by atoms with Gasteiger partial charge < -0.3 is 20.0 Å². The van der Waals surface area contributed by atoms with E-state index in [-0.39, 0.29) is 0 Å². The molecule has 144 valence electrons. The van der Waals surface area contributed by atoms with Crippen molar-refractivity contribution in [2.24, 2.45) is 5.10 Å². The summed E-state index contributed by atoms with van der Waals surface area (Å²) in [5, 5.41) is 14.1. The monoisotopic (exact) mass is 522 g/mol. The lowest BCUT2D eigenvalue weighted by Gasteiger charge is -2.13. The zero-order chi connectivity index (χ0) is 19.8. The molecule has 9 heteroatoms. The van der Waals surface area contributed by atoms with Crippen LogP contribution in [0.2, 0.25) is 10.0 Å². The molecule has 0 aromatic heterocycles. The maximum Gasteiger partial charge on any atom is 0.341 e. The van der Waals surface area contributed by atoms with Gasteiger partial charge in [0.1, 0.15) is 0 Å². The predicted octanol–water partition coefficient (Wildman–Crippen LogP) is 4.58. The number of carboxylic acids is 1. The number of hydrazone groups is 1. The molecule has 27 heavy (non-hydrogen) atoms. The van der Waals surface area contributed by atoms with Crippen LogP contribution in [-0.4, -0.2) is 30.5 Å². The van der Waals surface area contributed by atoms with Crippen LogP contribution in [0.4, 0.5) is 0 Å². The van der Waals surface area contributed by atoms with Gasteiger partial charge in [0.2, 0.25) is 0 Å². The van der Waals surface area contributed by atoms with Crippen LogP contribution in [0.1, 0.15) is 18.1 Å². The van der Waals surface area contributed by atoms with Crippen molar-refractivity contribution in [3.63, 3.8) is 0 Å². The van der Waals surface area contributed by atoms with Crippen molar-refractivity contribution in [1.29, 1.82) is 0 Å². The van der Waals surface area contributed by atoms with Crippen LogP contribution in [0.5, 0.6) is 11.5 Å². The Balaban J connectivity index is 2.11. The van der Waals surface area contributed by atoms with E-state index in [1.165, 1.54) is 0 Å². The number of hydrogen-bond acceptors (Lipinski definition) is 5. The number of rotatable bonds is 9. The minimum atomic E-state index is -1.05. The quantitative estimate of drug-likeness (QED) is 0.286. The van der Waals surface area contributed by atoms with Gasteiger partial charge in [0.05, 0.1) is 22.9 Å². The first-order chi connectivity index (χ1) is 12.9. The maximum atomic E-state index is 10.7. The molecule has 0 spiro atoms. The molecular weight excluding hydrogens is 506 g/mol. The van der Waals surface area contributed by atoms with Gasteiger partial charge in [0.15, 0.2) is 18.1 Å². The maximum absolute atomic E-state index is 10.7. The van der Waals surface area contributed by atoms with E-state index in [0.717, 1.165) is 14.7 Å². The number of nitrogens with zero attached hydrogens (tertiary/aromatic N) is 1. The molecule has 0 heterocycles. The fraction of sp³-hybridized carbons (Fsp3) is 0.222. The molecule has 0 saturated carbocycles. The van der Waals surface area contributed by atoms with Gasteiger partial charge in [-0.1, -0.05) is 29.3 Å². The molecule has 0 atom stereocenters. The summed E-state index contributed by atoms with van der Waals surface area (Å²) >= 11 is 14.3. The summed E-state index contributed by atoms with van der Waals surface area (Å²) in [6.45, 7) is 2.20. The molecule has 0 amide bonds. The third-order valence-electron chi connectivity index (χ3n) is 3.29. The average Bonchev–Trinajstić information content (AvgIpc) is 2.60. The van der Waals surface area contributed by atoms with Gasteiger partial charge in [-0.3, -0.25) is 0 Å². The summed E-state index contributed by atoms with van der Waals surface area (Å²) in [7, 11) is 0. The summed E-state index contributed by atoms with van der Waals surface area (Å²) in [6, 6.07) is 8.86. The fourth-order valence-electron chi connectivity index (χ4n) is 2.15. The van der Waals surface area contributed by atoms with Crippen LogP contribution in [0.25, 0.3) is 0 Å². The molecule has 0 aliphatic carbocycles. The van der Waals surface area contributed by atoms with E-state index in [2.05, 4.69) is 33.1 Å². The van der Waals surface area contributed by atoms with Gasteiger partial charge in [-0.2, -0.15) is 5.10 Å². The Hall–Kier alpha value is -1.71. The van der Waals surface area contributed by atoms with Gasteiger partial charge in [0.25, 0.3) is 0 Å². The van der Waals surface area contributed by atoms with E-state index in [1.54, 1.807) is 30.5 Å². The number of aliphatic carboxylic acids is 1. The Kier molecular flexibility index (Phi) is 8.46. The van der Waals surface area contributed by atoms with Crippen molar-refractivity contribution in [1.82, 2.24) is 5.43 Å². The molecule has 0 bridgehead atoms. The Morgan fingerprint density at radius 3 is 2.63 bits per heavy atom. The SMILES string of the molecule is CCOc1cc(/C=N\NCc2c(Cl)cccc2Cl)cc(I)c1OCC(=O)O. The zero-order valence-electron chi connectivity index (χ0n) is 14.3. The molecule has 0 radical (unpaired) electrons. The van der Waals surface area contributed by atoms with E-state index in [1.807, 2.05) is 13.0 Å². The first kappa shape index (κ1) is 21.6.